The lowest BCUT2D eigenvalue weighted by Crippen LogP contribution is -2.36. The summed E-state index contributed by atoms with van der Waals surface area (Å²) in [6.07, 6.45) is 6.38. The minimum absolute atomic E-state index is 0.0222. The molecule has 2 aliphatic carbocycles. The first-order chi connectivity index (χ1) is 12.9. The topological polar surface area (TPSA) is 84.2 Å². The predicted octanol–water partition coefficient (Wildman–Crippen LogP) is 3.81. The number of fused-ring (bicyclic) bond motifs is 2. The van der Waals surface area contributed by atoms with Gasteiger partial charge in [0.1, 0.15) is 0 Å². The smallest absolute Gasteiger partial charge is 0.307 e. The summed E-state index contributed by atoms with van der Waals surface area (Å²) in [4.78, 5) is 24.4. The second-order valence-corrected chi connectivity index (χ2v) is 8.27. The Balaban J connectivity index is 1.49. The fourth-order valence-electron chi connectivity index (χ4n) is 4.06. The van der Waals surface area contributed by atoms with Gasteiger partial charge in [-0.15, -0.1) is 0 Å². The van der Waals surface area contributed by atoms with Crippen LogP contribution in [0.15, 0.2) is 47.1 Å². The summed E-state index contributed by atoms with van der Waals surface area (Å²) in [5.74, 6) is -2.14. The predicted molar refractivity (Wildman–Crippen MR) is 104 cm³/mol. The van der Waals surface area contributed by atoms with Crippen molar-refractivity contribution >= 4 is 45.2 Å². The molecule has 4 rings (SSSR count). The van der Waals surface area contributed by atoms with Gasteiger partial charge < -0.3 is 10.4 Å². The van der Waals surface area contributed by atoms with Crippen LogP contribution in [0.3, 0.4) is 0 Å². The number of anilines is 1. The highest BCUT2D eigenvalue weighted by molar-refractivity contribution is 9.10. The minimum Gasteiger partial charge on any atom is -0.481 e. The molecule has 0 aliphatic heterocycles. The van der Waals surface area contributed by atoms with Crippen LogP contribution in [0.25, 0.3) is 0 Å². The molecule has 140 valence electrons. The van der Waals surface area contributed by atoms with Crippen LogP contribution in [-0.4, -0.2) is 26.8 Å². The molecule has 1 aromatic heterocycles. The van der Waals surface area contributed by atoms with Gasteiger partial charge in [-0.25, -0.2) is 0 Å². The standard InChI is InChI=1S/C19H17BrClN3O3/c20-14-9-24(8-10-1-5-13(21)6-2-10)23-17(14)22-18(25)15-11-3-4-12(7-11)16(15)19(26)27/h1-6,9,11-12,15-16H,7-8H2,(H,26,27)(H,22,23,25). The van der Waals surface area contributed by atoms with Crippen molar-refractivity contribution in [2.75, 3.05) is 5.32 Å². The van der Waals surface area contributed by atoms with Crippen LogP contribution in [0, 0.1) is 23.7 Å². The number of carboxylic acids is 1. The maximum absolute atomic E-state index is 12.8. The Labute approximate surface area is 169 Å². The second-order valence-electron chi connectivity index (χ2n) is 6.98. The normalized spacial score (nSPS) is 25.7. The molecule has 6 nitrogen and oxygen atoms in total. The summed E-state index contributed by atoms with van der Waals surface area (Å²) in [6.45, 7) is 0.528. The number of carbonyl (C=O) groups excluding carboxylic acids is 1. The number of nitrogens with one attached hydrogen (secondary N) is 1. The highest BCUT2D eigenvalue weighted by Crippen LogP contribution is 2.48. The summed E-state index contributed by atoms with van der Waals surface area (Å²) in [6, 6.07) is 7.45. The van der Waals surface area contributed by atoms with Crippen LogP contribution in [0.1, 0.15) is 12.0 Å². The molecule has 0 saturated heterocycles. The third-order valence-corrected chi connectivity index (χ3v) is 6.10. The van der Waals surface area contributed by atoms with Crippen molar-refractivity contribution in [2.24, 2.45) is 23.7 Å². The van der Waals surface area contributed by atoms with E-state index in [1.54, 1.807) is 10.9 Å². The van der Waals surface area contributed by atoms with E-state index in [0.717, 1.165) is 12.0 Å². The van der Waals surface area contributed by atoms with E-state index in [4.69, 9.17) is 11.6 Å². The Bertz CT molecular complexity index is 925. The van der Waals surface area contributed by atoms with E-state index in [1.165, 1.54) is 0 Å². The van der Waals surface area contributed by atoms with E-state index < -0.39 is 17.8 Å². The highest BCUT2D eigenvalue weighted by atomic mass is 79.9. The van der Waals surface area contributed by atoms with Crippen LogP contribution in [0.4, 0.5) is 5.82 Å². The lowest BCUT2D eigenvalue weighted by atomic mass is 9.82. The molecule has 1 fully saturated rings. The summed E-state index contributed by atoms with van der Waals surface area (Å²) in [7, 11) is 0. The first-order valence-electron chi connectivity index (χ1n) is 8.62. The third kappa shape index (κ3) is 3.53. The molecular weight excluding hydrogens is 434 g/mol. The van der Waals surface area contributed by atoms with Gasteiger partial charge in [-0.2, -0.15) is 5.10 Å². The summed E-state index contributed by atoms with van der Waals surface area (Å²) in [5, 5.41) is 17.4. The van der Waals surface area contributed by atoms with Gasteiger partial charge >= 0.3 is 5.97 Å². The number of amides is 1. The zero-order valence-corrected chi connectivity index (χ0v) is 16.5. The van der Waals surface area contributed by atoms with Gasteiger partial charge in [0, 0.05) is 11.2 Å². The number of carbonyl (C=O) groups is 2. The number of allylic oxidation sites excluding steroid dienone is 2. The molecule has 0 radical (unpaired) electrons. The average molecular weight is 451 g/mol. The first kappa shape index (κ1) is 18.3. The Hall–Kier alpha value is -2.12. The van der Waals surface area contributed by atoms with Gasteiger partial charge in [-0.05, 0) is 51.9 Å². The number of carboxylic acid groups (broad SMARTS) is 1. The lowest BCUT2D eigenvalue weighted by molar-refractivity contribution is -0.146. The van der Waals surface area contributed by atoms with Crippen molar-refractivity contribution < 1.29 is 14.7 Å². The van der Waals surface area contributed by atoms with Gasteiger partial charge in [0.25, 0.3) is 0 Å². The fraction of sp³-hybridized carbons (Fsp3) is 0.316. The third-order valence-electron chi connectivity index (χ3n) is 5.26. The lowest BCUT2D eigenvalue weighted by Gasteiger charge is -2.23. The van der Waals surface area contributed by atoms with Crippen molar-refractivity contribution in [3.8, 4) is 0 Å². The van der Waals surface area contributed by atoms with Crippen LogP contribution in [-0.2, 0) is 16.1 Å². The second kappa shape index (κ2) is 7.13. The van der Waals surface area contributed by atoms with E-state index >= 15 is 0 Å². The molecule has 2 aliphatic rings. The van der Waals surface area contributed by atoms with Crippen LogP contribution in [0.2, 0.25) is 5.02 Å². The van der Waals surface area contributed by atoms with Gasteiger partial charge in [-0.1, -0.05) is 35.9 Å². The van der Waals surface area contributed by atoms with Gasteiger partial charge in [0.05, 0.1) is 22.9 Å². The van der Waals surface area contributed by atoms with Crippen LogP contribution >= 0.6 is 27.5 Å². The van der Waals surface area contributed by atoms with E-state index in [9.17, 15) is 14.7 Å². The monoisotopic (exact) mass is 449 g/mol. The number of halogens is 2. The number of nitrogens with zero attached hydrogens (tertiary/aromatic N) is 2. The van der Waals surface area contributed by atoms with Crippen LogP contribution in [0.5, 0.6) is 0 Å². The largest absolute Gasteiger partial charge is 0.481 e. The minimum atomic E-state index is -0.917. The molecule has 27 heavy (non-hydrogen) atoms. The van der Waals surface area contributed by atoms with E-state index in [-0.39, 0.29) is 17.7 Å². The maximum atomic E-state index is 12.8. The molecule has 8 heteroatoms. The molecule has 2 N–H and O–H groups in total. The van der Waals surface area contributed by atoms with Gasteiger partial charge in [0.2, 0.25) is 5.91 Å². The Kier molecular flexibility index (Phi) is 4.82. The molecular formula is C19H17BrClN3O3. The van der Waals surface area contributed by atoms with Crippen molar-refractivity contribution in [3.63, 3.8) is 0 Å². The molecule has 0 spiro atoms. The maximum Gasteiger partial charge on any atom is 0.307 e. The molecule has 2 bridgehead atoms. The zero-order valence-electron chi connectivity index (χ0n) is 14.2. The van der Waals surface area contributed by atoms with E-state index in [0.29, 0.717) is 21.9 Å². The number of hydrogen-bond acceptors (Lipinski definition) is 3. The van der Waals surface area contributed by atoms with Crippen molar-refractivity contribution in [1.82, 2.24) is 9.78 Å². The highest BCUT2D eigenvalue weighted by Gasteiger charge is 2.51. The van der Waals surface area contributed by atoms with Gasteiger partial charge in [0.15, 0.2) is 5.82 Å². The number of hydrogen-bond donors (Lipinski definition) is 2. The molecule has 4 unspecified atom stereocenters. The molecule has 2 aromatic rings. The van der Waals surface area contributed by atoms with Crippen molar-refractivity contribution in [1.29, 1.82) is 0 Å². The Morgan fingerprint density at radius 1 is 1.22 bits per heavy atom. The van der Waals surface area contributed by atoms with Crippen molar-refractivity contribution in [3.05, 3.63) is 57.7 Å². The fourth-order valence-corrected chi connectivity index (χ4v) is 4.60. The molecule has 1 heterocycles. The molecule has 1 saturated carbocycles. The quantitative estimate of drug-likeness (QED) is 0.679. The number of aliphatic carboxylic acids is 1. The number of rotatable bonds is 5. The number of benzene rings is 1. The first-order valence-corrected chi connectivity index (χ1v) is 9.79. The SMILES string of the molecule is O=C(O)C1C2C=CC(C2)C1C(=O)Nc1nn(Cc2ccc(Cl)cc2)cc1Br. The Morgan fingerprint density at radius 2 is 1.89 bits per heavy atom. The van der Waals surface area contributed by atoms with Crippen LogP contribution < -0.4 is 5.32 Å². The average Bonchev–Trinajstić information content (AvgIpc) is 3.32. The van der Waals surface area contributed by atoms with Gasteiger partial charge in [-0.3, -0.25) is 14.3 Å². The molecule has 4 atom stereocenters. The molecule has 1 amide bonds. The zero-order chi connectivity index (χ0) is 19.1. The summed E-state index contributed by atoms with van der Waals surface area (Å²) >= 11 is 9.32. The van der Waals surface area contributed by atoms with E-state index in [2.05, 4.69) is 26.3 Å². The molecule has 1 aromatic carbocycles. The van der Waals surface area contributed by atoms with E-state index in [1.807, 2.05) is 36.4 Å². The summed E-state index contributed by atoms with van der Waals surface area (Å²) < 4.78 is 2.36. The van der Waals surface area contributed by atoms with Crippen molar-refractivity contribution in [2.45, 2.75) is 13.0 Å². The Morgan fingerprint density at radius 3 is 2.56 bits per heavy atom. The number of aromatic nitrogens is 2. The summed E-state index contributed by atoms with van der Waals surface area (Å²) in [5.41, 5.74) is 1.02.